The van der Waals surface area contributed by atoms with Crippen LogP contribution in [0.2, 0.25) is 0 Å². The molecule has 0 aromatic carbocycles. The van der Waals surface area contributed by atoms with Crippen LogP contribution in [0.4, 0.5) is 0 Å². The fourth-order valence-electron chi connectivity index (χ4n) is 1.14. The number of carbonyl (C=O) groups excluding carboxylic acids is 2. The number of rotatable bonds is 3. The van der Waals surface area contributed by atoms with Gasteiger partial charge in [-0.2, -0.15) is 0 Å². The molecule has 0 bridgehead atoms. The Morgan fingerprint density at radius 1 is 1.44 bits per heavy atom. The molecule has 7 nitrogen and oxygen atoms in total. The molecule has 0 aliphatic heterocycles. The normalized spacial score (nSPS) is 12.9. The van der Waals surface area contributed by atoms with Gasteiger partial charge < -0.3 is 9.84 Å². The van der Waals surface area contributed by atoms with E-state index in [2.05, 4.69) is 10.5 Å². The van der Waals surface area contributed by atoms with Crippen LogP contribution in [-0.4, -0.2) is 22.2 Å². The molecule has 1 unspecified atom stereocenters. The van der Waals surface area contributed by atoms with Gasteiger partial charge in [-0.25, -0.2) is 5.48 Å². The molecule has 0 aliphatic rings. The van der Waals surface area contributed by atoms with Crippen LogP contribution < -0.4 is 10.8 Å². The van der Waals surface area contributed by atoms with E-state index in [4.69, 9.17) is 9.73 Å². The number of amides is 2. The third-order valence-corrected chi connectivity index (χ3v) is 2.33. The summed E-state index contributed by atoms with van der Waals surface area (Å²) in [6, 6.07) is 0.972. The third kappa shape index (κ3) is 3.30. The Bertz CT molecular complexity index is 447. The van der Waals surface area contributed by atoms with Crippen molar-refractivity contribution in [1.82, 2.24) is 16.0 Å². The highest BCUT2D eigenvalue weighted by atomic mass is 16.5. The van der Waals surface area contributed by atoms with Crippen LogP contribution in [0.3, 0.4) is 0 Å². The highest BCUT2D eigenvalue weighted by Gasteiger charge is 2.24. The van der Waals surface area contributed by atoms with Crippen molar-refractivity contribution in [3.63, 3.8) is 0 Å². The van der Waals surface area contributed by atoms with Gasteiger partial charge in [-0.05, 0) is 6.92 Å². The van der Waals surface area contributed by atoms with Gasteiger partial charge in [-0.1, -0.05) is 25.9 Å². The molecule has 0 spiro atoms. The summed E-state index contributed by atoms with van der Waals surface area (Å²) in [5.41, 5.74) is 1.34. The lowest BCUT2D eigenvalue weighted by atomic mass is 9.95. The van der Waals surface area contributed by atoms with Crippen LogP contribution in [0.5, 0.6) is 0 Å². The summed E-state index contributed by atoms with van der Waals surface area (Å²) in [6.07, 6.45) is 0. The molecule has 100 valence electrons. The summed E-state index contributed by atoms with van der Waals surface area (Å²) < 4.78 is 4.73. The number of carbonyl (C=O) groups is 2. The molecular weight excluding hydrogens is 238 g/mol. The van der Waals surface area contributed by atoms with E-state index in [1.54, 1.807) is 27.7 Å². The predicted octanol–water partition coefficient (Wildman–Crippen LogP) is 1.02. The lowest BCUT2D eigenvalue weighted by molar-refractivity contribution is -0.129. The Morgan fingerprint density at radius 3 is 2.56 bits per heavy atom. The third-order valence-electron chi connectivity index (χ3n) is 2.33. The molecule has 7 heteroatoms. The molecular formula is C11H17N3O4. The smallest absolute Gasteiger partial charge is 0.313 e. The maximum absolute atomic E-state index is 11.8. The van der Waals surface area contributed by atoms with Crippen molar-refractivity contribution in [2.75, 3.05) is 0 Å². The zero-order valence-corrected chi connectivity index (χ0v) is 10.8. The lowest BCUT2D eigenvalue weighted by Gasteiger charge is -2.20. The number of hydrogen-bond donors (Lipinski definition) is 3. The highest BCUT2D eigenvalue weighted by Crippen LogP contribution is 2.17. The zero-order chi connectivity index (χ0) is 13.9. The van der Waals surface area contributed by atoms with Gasteiger partial charge in [-0.3, -0.25) is 14.8 Å². The van der Waals surface area contributed by atoms with E-state index in [1.165, 1.54) is 11.5 Å². The molecule has 2 amide bonds. The molecule has 18 heavy (non-hydrogen) atoms. The van der Waals surface area contributed by atoms with Gasteiger partial charge in [0.1, 0.15) is 5.69 Å². The van der Waals surface area contributed by atoms with Crippen LogP contribution in [0.1, 0.15) is 50.0 Å². The van der Waals surface area contributed by atoms with Gasteiger partial charge in [0, 0.05) is 11.5 Å². The van der Waals surface area contributed by atoms with Gasteiger partial charge >= 0.3 is 5.91 Å². The fourth-order valence-corrected chi connectivity index (χ4v) is 1.14. The van der Waals surface area contributed by atoms with Crippen molar-refractivity contribution in [2.45, 2.75) is 33.7 Å². The van der Waals surface area contributed by atoms with E-state index in [1.807, 2.05) is 0 Å². The highest BCUT2D eigenvalue weighted by molar-refractivity contribution is 5.90. The average molecular weight is 255 g/mol. The minimum absolute atomic E-state index is 0.121. The Kier molecular flexibility index (Phi) is 4.07. The second kappa shape index (κ2) is 5.18. The first-order valence-corrected chi connectivity index (χ1v) is 5.47. The van der Waals surface area contributed by atoms with Crippen molar-refractivity contribution in [3.8, 4) is 0 Å². The quantitative estimate of drug-likeness (QED) is 0.552. The van der Waals surface area contributed by atoms with Crippen molar-refractivity contribution >= 4 is 11.8 Å². The van der Waals surface area contributed by atoms with Gasteiger partial charge in [-0.15, -0.1) is 0 Å². The number of nitrogens with one attached hydrogen (secondary N) is 2. The Balaban J connectivity index is 2.73. The van der Waals surface area contributed by atoms with Crippen molar-refractivity contribution in [3.05, 3.63) is 17.5 Å². The topological polar surface area (TPSA) is 104 Å². The largest absolute Gasteiger partial charge is 0.351 e. The van der Waals surface area contributed by atoms with E-state index < -0.39 is 11.3 Å². The molecule has 3 N–H and O–H groups in total. The maximum Gasteiger partial charge on any atom is 0.313 e. The minimum Gasteiger partial charge on any atom is -0.351 e. The minimum atomic E-state index is -0.789. The van der Waals surface area contributed by atoms with Gasteiger partial charge in [0.2, 0.25) is 11.7 Å². The first-order valence-electron chi connectivity index (χ1n) is 5.47. The molecule has 1 aromatic heterocycles. The standard InChI is InChI=1S/C11H17N3O4/c1-6(12-10(16)11(2,3)4)7-5-8(18-14-7)9(15)13-17/h5-6,17H,1-4H3,(H,12,16)(H,13,15). The average Bonchev–Trinajstić information content (AvgIpc) is 2.75. The SMILES string of the molecule is CC(NC(=O)C(C)(C)C)c1cc(C(=O)NO)on1. The fraction of sp³-hybridized carbons (Fsp3) is 0.545. The van der Waals surface area contributed by atoms with Gasteiger partial charge in [0.05, 0.1) is 6.04 Å². The first-order chi connectivity index (χ1) is 8.25. The molecule has 0 fully saturated rings. The van der Waals surface area contributed by atoms with Crippen LogP contribution >= 0.6 is 0 Å². The predicted molar refractivity (Wildman–Crippen MR) is 61.8 cm³/mol. The van der Waals surface area contributed by atoms with Crippen LogP contribution in [0.15, 0.2) is 10.6 Å². The van der Waals surface area contributed by atoms with Crippen LogP contribution in [-0.2, 0) is 4.79 Å². The van der Waals surface area contributed by atoms with Crippen molar-refractivity contribution in [2.24, 2.45) is 5.41 Å². The van der Waals surface area contributed by atoms with Crippen molar-refractivity contribution in [1.29, 1.82) is 0 Å². The zero-order valence-electron chi connectivity index (χ0n) is 10.8. The second-order valence-corrected chi connectivity index (χ2v) is 5.00. The number of aromatic nitrogens is 1. The number of hydrogen-bond acceptors (Lipinski definition) is 5. The molecule has 1 heterocycles. The summed E-state index contributed by atoms with van der Waals surface area (Å²) in [6.45, 7) is 7.11. The number of hydroxylamine groups is 1. The van der Waals surface area contributed by atoms with Gasteiger partial charge in [0.25, 0.3) is 0 Å². The summed E-state index contributed by atoms with van der Waals surface area (Å²) in [7, 11) is 0. The second-order valence-electron chi connectivity index (χ2n) is 5.00. The van der Waals surface area contributed by atoms with Crippen LogP contribution in [0.25, 0.3) is 0 Å². The monoisotopic (exact) mass is 255 g/mol. The van der Waals surface area contributed by atoms with E-state index in [0.29, 0.717) is 5.69 Å². The molecule has 1 rings (SSSR count). The summed E-state index contributed by atoms with van der Waals surface area (Å²) in [5.74, 6) is -1.04. The summed E-state index contributed by atoms with van der Waals surface area (Å²) >= 11 is 0. The molecule has 1 atom stereocenters. The Hall–Kier alpha value is -1.89. The van der Waals surface area contributed by atoms with E-state index in [0.717, 1.165) is 0 Å². The van der Waals surface area contributed by atoms with Crippen molar-refractivity contribution < 1.29 is 19.3 Å². The molecule has 0 radical (unpaired) electrons. The Labute approximate surface area is 104 Å². The van der Waals surface area contributed by atoms with Crippen LogP contribution in [0, 0.1) is 5.41 Å². The van der Waals surface area contributed by atoms with Gasteiger partial charge in [0.15, 0.2) is 0 Å². The summed E-state index contributed by atoms with van der Waals surface area (Å²) in [5, 5.41) is 14.8. The summed E-state index contributed by atoms with van der Waals surface area (Å²) in [4.78, 5) is 22.8. The molecule has 1 aromatic rings. The molecule has 0 saturated heterocycles. The molecule has 0 saturated carbocycles. The Morgan fingerprint density at radius 2 is 2.06 bits per heavy atom. The lowest BCUT2D eigenvalue weighted by Crippen LogP contribution is -2.36. The van der Waals surface area contributed by atoms with E-state index in [9.17, 15) is 9.59 Å². The molecule has 0 aliphatic carbocycles. The first kappa shape index (κ1) is 14.2. The maximum atomic E-state index is 11.8. The van der Waals surface area contributed by atoms with E-state index in [-0.39, 0.29) is 17.7 Å². The number of nitrogens with zero attached hydrogens (tertiary/aromatic N) is 1. The van der Waals surface area contributed by atoms with E-state index >= 15 is 0 Å².